The van der Waals surface area contributed by atoms with E-state index in [9.17, 15) is 14.4 Å². The van der Waals surface area contributed by atoms with Gasteiger partial charge in [-0.25, -0.2) is 9.48 Å². The van der Waals surface area contributed by atoms with Gasteiger partial charge >= 0.3 is 6.09 Å². The molecule has 2 aliphatic rings. The number of halogens is 1. The van der Waals surface area contributed by atoms with Gasteiger partial charge in [0.1, 0.15) is 0 Å². The summed E-state index contributed by atoms with van der Waals surface area (Å²) in [6.45, 7) is 2.84. The zero-order valence-electron chi connectivity index (χ0n) is 15.7. The van der Waals surface area contributed by atoms with Crippen LogP contribution in [0.25, 0.3) is 5.69 Å². The number of carbonyl (C=O) groups excluding carboxylic acids is 3. The van der Waals surface area contributed by atoms with Gasteiger partial charge in [-0.05, 0) is 23.8 Å². The van der Waals surface area contributed by atoms with Crippen LogP contribution in [-0.2, 0) is 21.0 Å². The molecule has 10 heteroatoms. The molecule has 2 saturated heterocycles. The van der Waals surface area contributed by atoms with Gasteiger partial charge in [0, 0.05) is 63.0 Å². The number of imide groups is 1. The van der Waals surface area contributed by atoms with Gasteiger partial charge in [-0.1, -0.05) is 17.7 Å². The average Bonchev–Trinajstić information content (AvgIpc) is 3.36. The van der Waals surface area contributed by atoms with Crippen LogP contribution >= 0.6 is 11.6 Å². The number of benzene rings is 1. The second-order valence-corrected chi connectivity index (χ2v) is 7.36. The number of carbonyl (C=O) groups is 3. The highest BCUT2D eigenvalue weighted by atomic mass is 35.5. The number of hydroxylamine groups is 2. The van der Waals surface area contributed by atoms with Crippen LogP contribution in [0, 0.1) is 0 Å². The molecule has 3 amide bonds. The second kappa shape index (κ2) is 8.22. The Bertz CT molecular complexity index is 909. The number of nitrogens with zero attached hydrogens (tertiary/aromatic N) is 5. The molecule has 2 aromatic rings. The lowest BCUT2D eigenvalue weighted by atomic mass is 10.1. The van der Waals surface area contributed by atoms with E-state index in [2.05, 4.69) is 10.00 Å². The minimum absolute atomic E-state index is 0.0829. The molecule has 0 atom stereocenters. The molecule has 2 aliphatic heterocycles. The summed E-state index contributed by atoms with van der Waals surface area (Å²) >= 11 is 6.16. The number of amides is 3. The number of rotatable bonds is 4. The maximum absolute atomic E-state index is 12.3. The van der Waals surface area contributed by atoms with Gasteiger partial charge in [0.05, 0.1) is 5.69 Å². The van der Waals surface area contributed by atoms with Gasteiger partial charge in [-0.2, -0.15) is 5.10 Å². The normalized spacial score (nSPS) is 17.8. The second-order valence-electron chi connectivity index (χ2n) is 6.93. The number of aromatic nitrogens is 2. The number of hydrogen-bond acceptors (Lipinski definition) is 6. The fourth-order valence-electron chi connectivity index (χ4n) is 3.42. The lowest BCUT2D eigenvalue weighted by Gasteiger charge is -2.34. The van der Waals surface area contributed by atoms with E-state index in [0.29, 0.717) is 42.8 Å². The minimum atomic E-state index is -0.669. The molecule has 0 spiro atoms. The van der Waals surface area contributed by atoms with E-state index >= 15 is 0 Å². The Balaban J connectivity index is 1.35. The minimum Gasteiger partial charge on any atom is -0.311 e. The molecule has 9 nitrogen and oxygen atoms in total. The summed E-state index contributed by atoms with van der Waals surface area (Å²) in [5.74, 6) is -0.952. The Morgan fingerprint density at radius 2 is 1.83 bits per heavy atom. The van der Waals surface area contributed by atoms with E-state index in [1.165, 1.54) is 4.90 Å². The Labute approximate surface area is 172 Å². The predicted octanol–water partition coefficient (Wildman–Crippen LogP) is 1.84. The SMILES string of the molecule is O=C(ON1C(=O)CCC1=O)N1CCN(Cc2ccc(Cl)cc2-n2cccn2)CC1. The Hall–Kier alpha value is -2.91. The summed E-state index contributed by atoms with van der Waals surface area (Å²) in [5.41, 5.74) is 1.98. The van der Waals surface area contributed by atoms with Gasteiger partial charge in [0.2, 0.25) is 0 Å². The van der Waals surface area contributed by atoms with Crippen molar-refractivity contribution in [3.05, 3.63) is 47.2 Å². The predicted molar refractivity (Wildman–Crippen MR) is 103 cm³/mol. The molecule has 0 unspecified atom stereocenters. The number of piperazine rings is 1. The van der Waals surface area contributed by atoms with Crippen molar-refractivity contribution in [3.63, 3.8) is 0 Å². The van der Waals surface area contributed by atoms with Crippen molar-refractivity contribution >= 4 is 29.5 Å². The fraction of sp³-hybridized carbons (Fsp3) is 0.368. The van der Waals surface area contributed by atoms with Crippen LogP contribution in [0.4, 0.5) is 4.79 Å². The molecule has 1 aromatic carbocycles. The first-order chi connectivity index (χ1) is 14.0. The molecule has 29 heavy (non-hydrogen) atoms. The Kier molecular flexibility index (Phi) is 5.50. The molecular formula is C19H20ClN5O4. The first kappa shape index (κ1) is 19.4. The van der Waals surface area contributed by atoms with Crippen LogP contribution in [0.1, 0.15) is 18.4 Å². The summed E-state index contributed by atoms with van der Waals surface area (Å²) in [5, 5.41) is 5.51. The third kappa shape index (κ3) is 4.25. The van der Waals surface area contributed by atoms with Gasteiger partial charge in [0.25, 0.3) is 11.8 Å². The van der Waals surface area contributed by atoms with Crippen LogP contribution in [-0.4, -0.2) is 68.7 Å². The monoisotopic (exact) mass is 417 g/mol. The van der Waals surface area contributed by atoms with Crippen LogP contribution in [0.2, 0.25) is 5.02 Å². The molecule has 0 saturated carbocycles. The van der Waals surface area contributed by atoms with E-state index in [1.807, 2.05) is 30.5 Å². The molecular weight excluding hydrogens is 398 g/mol. The van der Waals surface area contributed by atoms with Crippen LogP contribution < -0.4 is 0 Å². The van der Waals surface area contributed by atoms with Crippen LogP contribution in [0.3, 0.4) is 0 Å². The smallest absolute Gasteiger partial charge is 0.311 e. The largest absolute Gasteiger partial charge is 0.434 e. The Morgan fingerprint density at radius 1 is 1.10 bits per heavy atom. The van der Waals surface area contributed by atoms with Crippen molar-refractivity contribution < 1.29 is 19.2 Å². The molecule has 0 bridgehead atoms. The average molecular weight is 418 g/mol. The summed E-state index contributed by atoms with van der Waals surface area (Å²) in [4.78, 5) is 44.2. The van der Waals surface area contributed by atoms with Crippen molar-refractivity contribution in [2.24, 2.45) is 0 Å². The molecule has 0 radical (unpaired) electrons. The Morgan fingerprint density at radius 3 is 2.48 bits per heavy atom. The lowest BCUT2D eigenvalue weighted by molar-refractivity contribution is -0.174. The van der Waals surface area contributed by atoms with Gasteiger partial charge in [0.15, 0.2) is 0 Å². The first-order valence-corrected chi connectivity index (χ1v) is 9.72. The van der Waals surface area contributed by atoms with Crippen molar-refractivity contribution in [1.82, 2.24) is 24.6 Å². The van der Waals surface area contributed by atoms with E-state index in [0.717, 1.165) is 11.3 Å². The fourth-order valence-corrected chi connectivity index (χ4v) is 3.58. The highest BCUT2D eigenvalue weighted by molar-refractivity contribution is 6.30. The molecule has 2 fully saturated rings. The summed E-state index contributed by atoms with van der Waals surface area (Å²) in [6, 6.07) is 7.55. The van der Waals surface area contributed by atoms with Crippen molar-refractivity contribution in [2.75, 3.05) is 26.2 Å². The van der Waals surface area contributed by atoms with E-state index in [-0.39, 0.29) is 12.8 Å². The lowest BCUT2D eigenvalue weighted by Crippen LogP contribution is -2.50. The van der Waals surface area contributed by atoms with Crippen molar-refractivity contribution in [3.8, 4) is 5.69 Å². The van der Waals surface area contributed by atoms with Crippen LogP contribution in [0.5, 0.6) is 0 Å². The van der Waals surface area contributed by atoms with E-state index in [4.69, 9.17) is 16.4 Å². The van der Waals surface area contributed by atoms with E-state index in [1.54, 1.807) is 10.9 Å². The van der Waals surface area contributed by atoms with Gasteiger partial charge in [-0.3, -0.25) is 14.5 Å². The third-order valence-electron chi connectivity index (χ3n) is 5.00. The molecule has 0 aliphatic carbocycles. The standard InChI is InChI=1S/C19H20ClN5O4/c20-15-3-2-14(16(12-15)24-7-1-6-21-24)13-22-8-10-23(11-9-22)19(28)29-25-17(26)4-5-18(25)27/h1-3,6-7,12H,4-5,8-11,13H2. The summed E-state index contributed by atoms with van der Waals surface area (Å²) < 4.78 is 1.78. The molecule has 0 N–H and O–H groups in total. The van der Waals surface area contributed by atoms with Gasteiger partial charge < -0.3 is 9.74 Å². The van der Waals surface area contributed by atoms with Gasteiger partial charge in [-0.15, -0.1) is 5.06 Å². The van der Waals surface area contributed by atoms with Crippen molar-refractivity contribution in [1.29, 1.82) is 0 Å². The highest BCUT2D eigenvalue weighted by Crippen LogP contribution is 2.22. The zero-order valence-corrected chi connectivity index (χ0v) is 16.4. The molecule has 4 rings (SSSR count). The third-order valence-corrected chi connectivity index (χ3v) is 5.23. The topological polar surface area (TPSA) is 88.0 Å². The first-order valence-electron chi connectivity index (χ1n) is 9.35. The molecule has 152 valence electrons. The molecule has 3 heterocycles. The van der Waals surface area contributed by atoms with E-state index < -0.39 is 17.9 Å². The van der Waals surface area contributed by atoms with Crippen LogP contribution in [0.15, 0.2) is 36.7 Å². The molecule has 1 aromatic heterocycles. The quantitative estimate of drug-likeness (QED) is 0.705. The van der Waals surface area contributed by atoms with Crippen molar-refractivity contribution in [2.45, 2.75) is 19.4 Å². The summed E-state index contributed by atoms with van der Waals surface area (Å²) in [7, 11) is 0. The zero-order chi connectivity index (χ0) is 20.4. The maximum atomic E-state index is 12.3. The summed E-state index contributed by atoms with van der Waals surface area (Å²) in [6.07, 6.45) is 3.07. The maximum Gasteiger partial charge on any atom is 0.434 e. The number of hydrogen-bond donors (Lipinski definition) is 0. The highest BCUT2D eigenvalue weighted by Gasteiger charge is 2.34.